The minimum Gasteiger partial charge on any atom is -0.309 e. The van der Waals surface area contributed by atoms with Crippen molar-refractivity contribution in [3.05, 3.63) is 70.6 Å². The number of thiophene rings is 1. The first-order chi connectivity index (χ1) is 10.3. The molecule has 2 heteroatoms. The lowest BCUT2D eigenvalue weighted by Gasteiger charge is -2.15. The summed E-state index contributed by atoms with van der Waals surface area (Å²) < 4.78 is 1.36. The van der Waals surface area contributed by atoms with Crippen LogP contribution in [0.3, 0.4) is 0 Å². The van der Waals surface area contributed by atoms with Gasteiger partial charge in [-0.15, -0.1) is 11.3 Å². The van der Waals surface area contributed by atoms with Crippen LogP contribution in [0.2, 0.25) is 0 Å². The first kappa shape index (κ1) is 14.3. The van der Waals surface area contributed by atoms with Crippen LogP contribution in [0.5, 0.6) is 0 Å². The summed E-state index contributed by atoms with van der Waals surface area (Å²) in [4.78, 5) is 1.38. The predicted octanol–water partition coefficient (Wildman–Crippen LogP) is 5.16. The highest BCUT2D eigenvalue weighted by Gasteiger charge is 2.14. The van der Waals surface area contributed by atoms with Gasteiger partial charge in [-0.25, -0.2) is 0 Å². The molecule has 108 valence electrons. The van der Waals surface area contributed by atoms with Gasteiger partial charge < -0.3 is 5.32 Å². The number of aryl methyl sites for hydroxylation is 1. The van der Waals surface area contributed by atoms with Crippen molar-refractivity contribution in [2.24, 2.45) is 0 Å². The van der Waals surface area contributed by atoms with Crippen molar-refractivity contribution >= 4 is 21.4 Å². The molecular weight excluding hydrogens is 274 g/mol. The van der Waals surface area contributed by atoms with Gasteiger partial charge >= 0.3 is 0 Å². The number of nitrogens with one attached hydrogen (secondary N) is 1. The Morgan fingerprint density at radius 3 is 2.48 bits per heavy atom. The Labute approximate surface area is 130 Å². The van der Waals surface area contributed by atoms with Crippen LogP contribution in [0.1, 0.15) is 35.4 Å². The molecule has 0 amide bonds. The summed E-state index contributed by atoms with van der Waals surface area (Å²) in [6, 6.07) is 20.2. The van der Waals surface area contributed by atoms with Crippen LogP contribution in [0, 0.1) is 0 Å². The summed E-state index contributed by atoms with van der Waals surface area (Å²) in [5.41, 5.74) is 2.76. The van der Waals surface area contributed by atoms with Crippen molar-refractivity contribution in [2.75, 3.05) is 7.05 Å². The zero-order chi connectivity index (χ0) is 14.7. The number of benzene rings is 2. The smallest absolute Gasteiger partial charge is 0.0669 e. The molecule has 1 atom stereocenters. The zero-order valence-electron chi connectivity index (χ0n) is 12.6. The van der Waals surface area contributed by atoms with Gasteiger partial charge in [0.1, 0.15) is 0 Å². The maximum atomic E-state index is 3.46. The Kier molecular flexibility index (Phi) is 4.37. The Balaban J connectivity index is 1.93. The number of hydrogen-bond acceptors (Lipinski definition) is 2. The van der Waals surface area contributed by atoms with Gasteiger partial charge in [-0.2, -0.15) is 0 Å². The van der Waals surface area contributed by atoms with Crippen molar-refractivity contribution in [1.29, 1.82) is 0 Å². The van der Waals surface area contributed by atoms with E-state index in [4.69, 9.17) is 0 Å². The predicted molar refractivity (Wildman–Crippen MR) is 93.2 cm³/mol. The van der Waals surface area contributed by atoms with Crippen LogP contribution in [-0.4, -0.2) is 7.05 Å². The average molecular weight is 295 g/mol. The van der Waals surface area contributed by atoms with E-state index in [1.54, 1.807) is 0 Å². The molecule has 1 unspecified atom stereocenters. The summed E-state index contributed by atoms with van der Waals surface area (Å²) in [6.07, 6.45) is 2.36. The Bertz CT molecular complexity index is 679. The minimum atomic E-state index is 0.276. The molecule has 0 saturated carbocycles. The highest BCUT2D eigenvalue weighted by molar-refractivity contribution is 7.19. The highest BCUT2D eigenvalue weighted by atomic mass is 32.1. The summed E-state index contributed by atoms with van der Waals surface area (Å²) in [7, 11) is 2.04. The second kappa shape index (κ2) is 6.42. The maximum Gasteiger partial charge on any atom is 0.0669 e. The topological polar surface area (TPSA) is 12.0 Å². The summed E-state index contributed by atoms with van der Waals surface area (Å²) in [5, 5.41) is 4.79. The molecule has 0 saturated heterocycles. The van der Waals surface area contributed by atoms with Crippen molar-refractivity contribution in [3.63, 3.8) is 0 Å². The van der Waals surface area contributed by atoms with Crippen LogP contribution in [0.4, 0.5) is 0 Å². The Morgan fingerprint density at radius 2 is 1.81 bits per heavy atom. The second-order valence-corrected chi connectivity index (χ2v) is 6.52. The lowest BCUT2D eigenvalue weighted by molar-refractivity contribution is 0.703. The molecule has 0 spiro atoms. The summed E-state index contributed by atoms with van der Waals surface area (Å²) >= 11 is 1.88. The van der Waals surface area contributed by atoms with Crippen LogP contribution >= 0.6 is 11.3 Å². The molecular formula is C19H21NS. The zero-order valence-corrected chi connectivity index (χ0v) is 13.4. The summed E-state index contributed by atoms with van der Waals surface area (Å²) in [6.45, 7) is 2.22. The van der Waals surface area contributed by atoms with E-state index in [0.29, 0.717) is 0 Å². The van der Waals surface area contributed by atoms with E-state index < -0.39 is 0 Å². The molecule has 21 heavy (non-hydrogen) atoms. The first-order valence-electron chi connectivity index (χ1n) is 7.56. The first-order valence-corrected chi connectivity index (χ1v) is 8.38. The molecule has 1 aromatic heterocycles. The molecule has 0 aliphatic carbocycles. The molecule has 0 aliphatic rings. The molecule has 0 bridgehead atoms. The van der Waals surface area contributed by atoms with Gasteiger partial charge in [-0.3, -0.25) is 0 Å². The number of hydrogen-bond donors (Lipinski definition) is 1. The maximum absolute atomic E-state index is 3.46. The monoisotopic (exact) mass is 295 g/mol. The van der Waals surface area contributed by atoms with E-state index in [1.165, 1.54) is 32.5 Å². The van der Waals surface area contributed by atoms with Gasteiger partial charge in [0.25, 0.3) is 0 Å². The third-order valence-electron chi connectivity index (χ3n) is 3.87. The Hall–Kier alpha value is -1.64. The lowest BCUT2D eigenvalue weighted by atomic mass is 10.0. The molecule has 1 heterocycles. The molecule has 1 N–H and O–H groups in total. The van der Waals surface area contributed by atoms with Gasteiger partial charge in [-0.05, 0) is 42.1 Å². The molecule has 0 fully saturated rings. The van der Waals surface area contributed by atoms with E-state index in [1.807, 2.05) is 18.4 Å². The van der Waals surface area contributed by atoms with Crippen LogP contribution in [0.25, 0.3) is 10.1 Å². The fourth-order valence-electron chi connectivity index (χ4n) is 2.78. The molecule has 3 rings (SSSR count). The normalized spacial score (nSPS) is 12.7. The van der Waals surface area contributed by atoms with E-state index in [2.05, 4.69) is 66.8 Å². The quantitative estimate of drug-likeness (QED) is 0.685. The van der Waals surface area contributed by atoms with Gasteiger partial charge in [-0.1, -0.05) is 55.8 Å². The van der Waals surface area contributed by atoms with E-state index >= 15 is 0 Å². The van der Waals surface area contributed by atoms with Gasteiger partial charge in [0.2, 0.25) is 0 Å². The molecule has 1 nitrogen and oxygen atoms in total. The average Bonchev–Trinajstić information content (AvgIpc) is 2.93. The lowest BCUT2D eigenvalue weighted by Crippen LogP contribution is -2.16. The SMILES string of the molecule is CCCc1ccc(C(NC)c2cc3ccccc3s2)cc1. The molecule has 0 radical (unpaired) electrons. The number of rotatable bonds is 5. The van der Waals surface area contributed by atoms with Crippen LogP contribution < -0.4 is 5.32 Å². The minimum absolute atomic E-state index is 0.276. The van der Waals surface area contributed by atoms with Crippen molar-refractivity contribution in [3.8, 4) is 0 Å². The van der Waals surface area contributed by atoms with E-state index in [-0.39, 0.29) is 6.04 Å². The van der Waals surface area contributed by atoms with Gasteiger partial charge in [0, 0.05) is 9.58 Å². The Morgan fingerprint density at radius 1 is 1.05 bits per heavy atom. The molecule has 3 aromatic rings. The third-order valence-corrected chi connectivity index (χ3v) is 5.05. The highest BCUT2D eigenvalue weighted by Crippen LogP contribution is 2.33. The van der Waals surface area contributed by atoms with Crippen LogP contribution in [-0.2, 0) is 6.42 Å². The van der Waals surface area contributed by atoms with E-state index in [9.17, 15) is 0 Å². The number of fused-ring (bicyclic) bond motifs is 1. The molecule has 2 aromatic carbocycles. The third kappa shape index (κ3) is 3.02. The largest absolute Gasteiger partial charge is 0.309 e. The van der Waals surface area contributed by atoms with Crippen molar-refractivity contribution < 1.29 is 0 Å². The van der Waals surface area contributed by atoms with Crippen molar-refractivity contribution in [1.82, 2.24) is 5.32 Å². The van der Waals surface area contributed by atoms with Crippen molar-refractivity contribution in [2.45, 2.75) is 25.8 Å². The van der Waals surface area contributed by atoms with Crippen LogP contribution in [0.15, 0.2) is 54.6 Å². The van der Waals surface area contributed by atoms with Gasteiger partial charge in [0.05, 0.1) is 6.04 Å². The standard InChI is InChI=1S/C19H21NS/c1-3-6-14-9-11-15(12-10-14)19(20-2)18-13-16-7-4-5-8-17(16)21-18/h4-5,7-13,19-20H,3,6H2,1-2H3. The van der Waals surface area contributed by atoms with E-state index in [0.717, 1.165) is 6.42 Å². The summed E-state index contributed by atoms with van der Waals surface area (Å²) in [5.74, 6) is 0. The fourth-order valence-corrected chi connectivity index (χ4v) is 3.99. The van der Waals surface area contributed by atoms with Gasteiger partial charge in [0.15, 0.2) is 0 Å². The fraction of sp³-hybridized carbons (Fsp3) is 0.263. The molecule has 0 aliphatic heterocycles. The second-order valence-electron chi connectivity index (χ2n) is 5.40.